The van der Waals surface area contributed by atoms with Gasteiger partial charge in [0.1, 0.15) is 35.8 Å². The Morgan fingerprint density at radius 1 is 1.30 bits per heavy atom. The van der Waals surface area contributed by atoms with Crippen LogP contribution in [0.5, 0.6) is 5.75 Å². The second kappa shape index (κ2) is 11.4. The summed E-state index contributed by atoms with van der Waals surface area (Å²) in [5.41, 5.74) is 6.65. The summed E-state index contributed by atoms with van der Waals surface area (Å²) in [4.78, 5) is 20.6. The van der Waals surface area contributed by atoms with Crippen molar-refractivity contribution in [1.29, 1.82) is 0 Å². The highest BCUT2D eigenvalue weighted by molar-refractivity contribution is 7.52. The molecule has 3 aromatic rings. The summed E-state index contributed by atoms with van der Waals surface area (Å²) >= 11 is 5.96. The van der Waals surface area contributed by atoms with Crippen molar-refractivity contribution in [2.75, 3.05) is 12.3 Å². The fourth-order valence-electron chi connectivity index (χ4n) is 4.25. The molecule has 6 atom stereocenters. The topological polar surface area (TPSA) is 140 Å². The molecule has 1 fully saturated rings. The molecule has 3 N–H and O–H groups in total. The Balaban J connectivity index is 1.52. The van der Waals surface area contributed by atoms with Gasteiger partial charge >= 0.3 is 13.7 Å². The maximum atomic E-state index is 13.9. The molecule has 0 bridgehead atoms. The van der Waals surface area contributed by atoms with Gasteiger partial charge in [0.2, 0.25) is 0 Å². The Morgan fingerprint density at radius 2 is 2.03 bits per heavy atom. The van der Waals surface area contributed by atoms with Crippen LogP contribution in [-0.2, 0) is 23.4 Å². The summed E-state index contributed by atoms with van der Waals surface area (Å²) < 4.78 is 38.9. The summed E-state index contributed by atoms with van der Waals surface area (Å²) in [6.07, 6.45) is 2.48. The summed E-state index contributed by atoms with van der Waals surface area (Å²) in [6, 6.07) is 7.23. The number of hydrogen-bond donors (Lipinski definition) is 2. The van der Waals surface area contributed by atoms with Gasteiger partial charge in [0.05, 0.1) is 24.2 Å². The maximum Gasteiger partial charge on any atom is 0.459 e. The van der Waals surface area contributed by atoms with Crippen LogP contribution in [0.25, 0.3) is 11.0 Å². The number of benzene rings is 1. The zero-order valence-electron chi connectivity index (χ0n) is 21.0. The first-order valence-electron chi connectivity index (χ1n) is 12.0. The van der Waals surface area contributed by atoms with Crippen LogP contribution in [0, 0.1) is 5.92 Å². The third kappa shape index (κ3) is 6.25. The molecule has 13 heteroatoms. The molecule has 0 saturated carbocycles. The lowest BCUT2D eigenvalue weighted by Gasteiger charge is -2.28. The number of esters is 1. The van der Waals surface area contributed by atoms with Crippen LogP contribution in [0.3, 0.4) is 0 Å². The molecule has 3 heterocycles. The minimum Gasteiger partial charge on any atom is -0.465 e. The fraction of sp³-hybridized carbons (Fsp3) is 0.458. The minimum atomic E-state index is -4.06. The second-order valence-electron chi connectivity index (χ2n) is 8.95. The number of carbonyl (C=O) groups is 1. The van der Waals surface area contributed by atoms with E-state index in [-0.39, 0.29) is 24.5 Å². The maximum absolute atomic E-state index is 13.9. The second-order valence-corrected chi connectivity index (χ2v) is 11.0. The number of nitrogens with zero attached hydrogens (tertiary/aromatic N) is 3. The number of fused-ring (bicyclic) bond motifs is 1. The monoisotopic (exact) mass is 551 g/mol. The molecule has 0 aliphatic carbocycles. The Hall–Kier alpha value is -2.69. The van der Waals surface area contributed by atoms with Crippen molar-refractivity contribution in [3.63, 3.8) is 0 Å². The number of nitrogens with two attached hydrogens (primary N) is 1. The van der Waals surface area contributed by atoms with Gasteiger partial charge in [-0.1, -0.05) is 18.5 Å². The Morgan fingerprint density at radius 3 is 2.73 bits per heavy atom. The predicted molar refractivity (Wildman–Crippen MR) is 139 cm³/mol. The van der Waals surface area contributed by atoms with E-state index in [0.717, 1.165) is 5.39 Å². The van der Waals surface area contributed by atoms with Gasteiger partial charge < -0.3 is 24.3 Å². The van der Waals surface area contributed by atoms with Crippen molar-refractivity contribution in [2.24, 2.45) is 5.92 Å². The average molecular weight is 552 g/mol. The third-order valence-electron chi connectivity index (χ3n) is 6.08. The molecule has 0 spiro atoms. The minimum absolute atomic E-state index is 0.0887. The zero-order chi connectivity index (χ0) is 26.7. The van der Waals surface area contributed by atoms with Crippen LogP contribution in [0.2, 0.25) is 5.02 Å². The van der Waals surface area contributed by atoms with Gasteiger partial charge in [-0.2, -0.15) is 5.09 Å². The fourth-order valence-corrected chi connectivity index (χ4v) is 6.08. The molecule has 1 aliphatic heterocycles. The lowest BCUT2D eigenvalue weighted by molar-refractivity contribution is -0.144. The van der Waals surface area contributed by atoms with Crippen molar-refractivity contribution in [3.8, 4) is 5.75 Å². The van der Waals surface area contributed by atoms with E-state index in [2.05, 4.69) is 22.0 Å². The van der Waals surface area contributed by atoms with Gasteiger partial charge in [0, 0.05) is 17.1 Å². The molecule has 37 heavy (non-hydrogen) atoms. The number of ether oxygens (including phenoxy) is 2. The Labute approximate surface area is 220 Å². The van der Waals surface area contributed by atoms with E-state index < -0.39 is 32.0 Å². The van der Waals surface area contributed by atoms with Gasteiger partial charge in [-0.3, -0.25) is 9.32 Å². The first kappa shape index (κ1) is 27.3. The van der Waals surface area contributed by atoms with Gasteiger partial charge in [0.25, 0.3) is 0 Å². The SMILES string of the molecule is CCOC(=O)[C@H](C)NP(=O)(Oc1ccc(Cl)cc1)OC(C)[C@@H]1C[C@H](C)[C@H](n2ccc3c(N)ncnc32)O1. The van der Waals surface area contributed by atoms with Gasteiger partial charge in [-0.05, 0) is 57.5 Å². The van der Waals surface area contributed by atoms with Crippen molar-refractivity contribution in [3.05, 3.63) is 47.9 Å². The van der Waals surface area contributed by atoms with Crippen molar-refractivity contribution < 1.29 is 27.9 Å². The lowest BCUT2D eigenvalue weighted by Crippen LogP contribution is -2.37. The van der Waals surface area contributed by atoms with E-state index in [0.29, 0.717) is 22.9 Å². The number of hydrogen-bond acceptors (Lipinski definition) is 9. The number of anilines is 1. The van der Waals surface area contributed by atoms with E-state index in [1.54, 1.807) is 38.1 Å². The van der Waals surface area contributed by atoms with Gasteiger partial charge in [-0.15, -0.1) is 0 Å². The van der Waals surface area contributed by atoms with E-state index in [1.165, 1.54) is 13.3 Å². The van der Waals surface area contributed by atoms with Crippen molar-refractivity contribution in [1.82, 2.24) is 19.6 Å². The van der Waals surface area contributed by atoms with Crippen LogP contribution in [-0.4, -0.2) is 45.4 Å². The number of rotatable bonds is 10. The van der Waals surface area contributed by atoms with Gasteiger partial charge in [0.15, 0.2) is 0 Å². The molecule has 1 aromatic carbocycles. The van der Waals surface area contributed by atoms with Crippen molar-refractivity contribution in [2.45, 2.75) is 58.6 Å². The van der Waals surface area contributed by atoms with E-state index in [9.17, 15) is 9.36 Å². The molecular weight excluding hydrogens is 521 g/mol. The standard InChI is InChI=1S/C24H31ClN5O6P/c1-5-33-24(31)15(3)29-37(32,36-18-8-6-17(25)7-9-18)35-16(4)20-12-14(2)23(34-20)30-11-10-19-21(26)27-13-28-22(19)30/h6-11,13-16,20,23H,5,12H2,1-4H3,(H,29,32)(H2,26,27,28)/t14-,15-,16?,20-,23+,37?/m0/s1. The van der Waals surface area contributed by atoms with Crippen LogP contribution < -0.4 is 15.3 Å². The Bertz CT molecular complexity index is 1290. The smallest absolute Gasteiger partial charge is 0.459 e. The van der Waals surface area contributed by atoms with Crippen molar-refractivity contribution >= 4 is 42.2 Å². The molecule has 0 amide bonds. The molecular formula is C24H31ClN5O6P. The normalized spacial score (nSPS) is 22.9. The quantitative estimate of drug-likeness (QED) is 0.268. The lowest BCUT2D eigenvalue weighted by atomic mass is 10.0. The number of nitrogen functional groups attached to an aromatic ring is 1. The molecule has 0 radical (unpaired) electrons. The van der Waals surface area contributed by atoms with E-state index in [4.69, 9.17) is 35.9 Å². The molecule has 4 rings (SSSR count). The Kier molecular flexibility index (Phi) is 8.40. The van der Waals surface area contributed by atoms with Crippen LogP contribution in [0.4, 0.5) is 5.82 Å². The molecule has 200 valence electrons. The summed E-state index contributed by atoms with van der Waals surface area (Å²) in [5.74, 6) is 0.166. The molecule has 2 unspecified atom stereocenters. The highest BCUT2D eigenvalue weighted by Gasteiger charge is 2.42. The molecule has 11 nitrogen and oxygen atoms in total. The summed E-state index contributed by atoms with van der Waals surface area (Å²) in [7, 11) is -4.06. The number of aromatic nitrogens is 3. The van der Waals surface area contributed by atoms with Crippen LogP contribution in [0.1, 0.15) is 40.3 Å². The zero-order valence-corrected chi connectivity index (χ0v) is 22.7. The largest absolute Gasteiger partial charge is 0.465 e. The summed E-state index contributed by atoms with van der Waals surface area (Å²) in [6.45, 7) is 7.21. The highest BCUT2D eigenvalue weighted by Crippen LogP contribution is 2.48. The molecule has 1 saturated heterocycles. The van der Waals surface area contributed by atoms with E-state index >= 15 is 0 Å². The highest BCUT2D eigenvalue weighted by atomic mass is 35.5. The first-order chi connectivity index (χ1) is 17.6. The van der Waals surface area contributed by atoms with Gasteiger partial charge in [-0.25, -0.2) is 14.5 Å². The molecule has 2 aromatic heterocycles. The number of carbonyl (C=O) groups excluding carboxylic acids is 1. The van der Waals surface area contributed by atoms with Crippen LogP contribution in [0.15, 0.2) is 42.9 Å². The summed E-state index contributed by atoms with van der Waals surface area (Å²) in [5, 5.41) is 3.92. The van der Waals surface area contributed by atoms with Crippen LogP contribution >= 0.6 is 19.3 Å². The number of nitrogens with one attached hydrogen (secondary N) is 1. The third-order valence-corrected chi connectivity index (χ3v) is 8.10. The predicted octanol–water partition coefficient (Wildman–Crippen LogP) is 4.72. The average Bonchev–Trinajstić information content (AvgIpc) is 3.44. The number of halogens is 1. The van der Waals surface area contributed by atoms with E-state index in [1.807, 2.05) is 16.8 Å². The first-order valence-corrected chi connectivity index (χ1v) is 13.9. The molecule has 1 aliphatic rings.